The Morgan fingerprint density at radius 2 is 2.04 bits per heavy atom. The Hall–Kier alpha value is -1.99. The quantitative estimate of drug-likeness (QED) is 0.746. The molecule has 1 aromatic carbocycles. The number of rotatable bonds is 1. The van der Waals surface area contributed by atoms with Gasteiger partial charge in [-0.2, -0.15) is 4.99 Å². The largest absolute Gasteiger partial charge is 0.454 e. The fourth-order valence-electron chi connectivity index (χ4n) is 2.77. The number of amides is 1. The van der Waals surface area contributed by atoms with E-state index in [2.05, 4.69) is 16.9 Å². The van der Waals surface area contributed by atoms with Crippen LogP contribution < -0.4 is 14.4 Å². The Labute approximate surface area is 138 Å². The fraction of sp³-hybridized carbons (Fsp3) is 0.375. The zero-order valence-electron chi connectivity index (χ0n) is 12.9. The van der Waals surface area contributed by atoms with E-state index in [4.69, 9.17) is 9.47 Å². The van der Waals surface area contributed by atoms with Crippen LogP contribution in [0, 0.1) is 0 Å². The van der Waals surface area contributed by atoms with Crippen molar-refractivity contribution in [1.29, 1.82) is 0 Å². The summed E-state index contributed by atoms with van der Waals surface area (Å²) in [5, 5.41) is 0.828. The highest BCUT2D eigenvalue weighted by molar-refractivity contribution is 8.18. The summed E-state index contributed by atoms with van der Waals surface area (Å²) in [4.78, 5) is 20.8. The normalized spacial score (nSPS) is 22.8. The van der Waals surface area contributed by atoms with Gasteiger partial charge in [0, 0.05) is 0 Å². The molecule has 120 valence electrons. The van der Waals surface area contributed by atoms with Gasteiger partial charge in [-0.1, -0.05) is 6.07 Å². The van der Waals surface area contributed by atoms with Crippen molar-refractivity contribution in [1.82, 2.24) is 4.90 Å². The number of piperazine rings is 1. The van der Waals surface area contributed by atoms with Crippen LogP contribution in [0.2, 0.25) is 0 Å². The number of nitrogens with one attached hydrogen (secondary N) is 1. The van der Waals surface area contributed by atoms with E-state index in [9.17, 15) is 4.79 Å². The highest BCUT2D eigenvalue weighted by Gasteiger charge is 2.28. The Kier molecular flexibility index (Phi) is 3.74. The average molecular weight is 332 g/mol. The fourth-order valence-corrected chi connectivity index (χ4v) is 3.73. The van der Waals surface area contributed by atoms with Crippen LogP contribution in [0.3, 0.4) is 0 Å². The lowest BCUT2D eigenvalue weighted by Crippen LogP contribution is -3.12. The molecule has 3 aliphatic heterocycles. The van der Waals surface area contributed by atoms with Gasteiger partial charge in [0.2, 0.25) is 6.79 Å². The number of amidine groups is 1. The molecule has 1 saturated heterocycles. The van der Waals surface area contributed by atoms with Crippen molar-refractivity contribution in [2.24, 2.45) is 4.99 Å². The summed E-state index contributed by atoms with van der Waals surface area (Å²) < 4.78 is 10.7. The number of nitrogens with zero attached hydrogens (tertiary/aromatic N) is 2. The molecule has 0 aliphatic carbocycles. The smallest absolute Gasteiger partial charge is 0.286 e. The number of thioether (sulfide) groups is 1. The van der Waals surface area contributed by atoms with E-state index in [0.717, 1.165) is 48.4 Å². The molecule has 1 aromatic rings. The van der Waals surface area contributed by atoms with Crippen LogP contribution in [0.1, 0.15) is 5.56 Å². The number of aliphatic imine (C=N–C) groups is 1. The first-order valence-corrected chi connectivity index (χ1v) is 8.49. The van der Waals surface area contributed by atoms with Crippen molar-refractivity contribution in [2.45, 2.75) is 0 Å². The lowest BCUT2D eigenvalue weighted by molar-refractivity contribution is -0.883. The second-order valence-electron chi connectivity index (χ2n) is 5.87. The molecule has 0 spiro atoms. The van der Waals surface area contributed by atoms with E-state index >= 15 is 0 Å². The molecule has 0 atom stereocenters. The predicted octanol–water partition coefficient (Wildman–Crippen LogP) is 0.216. The first-order valence-electron chi connectivity index (χ1n) is 7.67. The molecule has 4 rings (SSSR count). The third-order valence-corrected chi connectivity index (χ3v) is 5.24. The SMILES string of the molecule is C[NH+]1CCN(C2=NC(=O)/C(=C/c3ccc4c(c3)OCO4)S2)CC1. The lowest BCUT2D eigenvalue weighted by atomic mass is 10.2. The molecule has 1 amide bonds. The molecule has 0 radical (unpaired) electrons. The molecule has 0 aromatic heterocycles. The van der Waals surface area contributed by atoms with Gasteiger partial charge in [-0.15, -0.1) is 0 Å². The van der Waals surface area contributed by atoms with E-state index in [-0.39, 0.29) is 12.7 Å². The maximum Gasteiger partial charge on any atom is 0.286 e. The van der Waals surface area contributed by atoms with Crippen molar-refractivity contribution in [3.05, 3.63) is 28.7 Å². The minimum Gasteiger partial charge on any atom is -0.454 e. The van der Waals surface area contributed by atoms with Crippen molar-refractivity contribution < 1.29 is 19.2 Å². The number of benzene rings is 1. The summed E-state index contributed by atoms with van der Waals surface area (Å²) in [6, 6.07) is 5.68. The standard InChI is InChI=1S/C16H17N3O3S/c1-18-4-6-19(7-5-18)16-17-15(20)14(23-16)9-11-2-3-12-13(8-11)22-10-21-12/h2-3,8-9H,4-7,10H2,1H3/p+1/b14-9-. The highest BCUT2D eigenvalue weighted by Crippen LogP contribution is 2.35. The van der Waals surface area contributed by atoms with Crippen LogP contribution in [0.15, 0.2) is 28.1 Å². The Morgan fingerprint density at radius 3 is 2.87 bits per heavy atom. The minimum atomic E-state index is -0.158. The summed E-state index contributed by atoms with van der Waals surface area (Å²) in [7, 11) is 2.19. The first kappa shape index (κ1) is 14.6. The number of carbonyl (C=O) groups excluding carboxylic acids is 1. The number of ether oxygens (including phenoxy) is 2. The van der Waals surface area contributed by atoms with Crippen LogP contribution in [0.4, 0.5) is 0 Å². The molecule has 0 saturated carbocycles. The number of hydrogen-bond acceptors (Lipinski definition) is 5. The molecule has 23 heavy (non-hydrogen) atoms. The summed E-state index contributed by atoms with van der Waals surface area (Å²) in [5.74, 6) is 1.31. The van der Waals surface area contributed by atoms with Crippen molar-refractivity contribution in [2.75, 3.05) is 40.0 Å². The molecule has 7 heteroatoms. The van der Waals surface area contributed by atoms with Gasteiger partial charge in [0.15, 0.2) is 16.7 Å². The molecule has 1 fully saturated rings. The zero-order chi connectivity index (χ0) is 15.8. The number of hydrogen-bond donors (Lipinski definition) is 1. The number of quaternary nitrogens is 1. The Bertz CT molecular complexity index is 709. The van der Waals surface area contributed by atoms with Gasteiger partial charge >= 0.3 is 0 Å². The summed E-state index contributed by atoms with van der Waals surface area (Å²) >= 11 is 1.46. The second kappa shape index (κ2) is 5.90. The van der Waals surface area contributed by atoms with Crippen LogP contribution in [-0.2, 0) is 4.79 Å². The summed E-state index contributed by atoms with van der Waals surface area (Å²) in [6.45, 7) is 4.30. The van der Waals surface area contributed by atoms with Gasteiger partial charge in [0.05, 0.1) is 38.1 Å². The third-order valence-electron chi connectivity index (χ3n) is 4.19. The second-order valence-corrected chi connectivity index (χ2v) is 6.88. The monoisotopic (exact) mass is 332 g/mol. The topological polar surface area (TPSA) is 55.6 Å². The van der Waals surface area contributed by atoms with Gasteiger partial charge in [-0.25, -0.2) is 0 Å². The number of carbonyl (C=O) groups is 1. The molecule has 0 unspecified atom stereocenters. The minimum absolute atomic E-state index is 0.158. The van der Waals surface area contributed by atoms with Crippen LogP contribution >= 0.6 is 11.8 Å². The molecule has 0 bridgehead atoms. The molecule has 3 heterocycles. The van der Waals surface area contributed by atoms with Crippen molar-refractivity contribution >= 4 is 28.9 Å². The maximum atomic E-state index is 12.2. The summed E-state index contributed by atoms with van der Waals surface area (Å²) in [5.41, 5.74) is 0.921. The Morgan fingerprint density at radius 1 is 1.26 bits per heavy atom. The molecular weight excluding hydrogens is 314 g/mol. The molecule has 1 N–H and O–H groups in total. The predicted molar refractivity (Wildman–Crippen MR) is 88.8 cm³/mol. The van der Waals surface area contributed by atoms with Gasteiger partial charge in [0.1, 0.15) is 0 Å². The van der Waals surface area contributed by atoms with Gasteiger partial charge < -0.3 is 19.3 Å². The van der Waals surface area contributed by atoms with E-state index in [1.807, 2.05) is 24.3 Å². The van der Waals surface area contributed by atoms with Gasteiger partial charge in [-0.05, 0) is 35.5 Å². The Balaban J connectivity index is 1.49. The lowest BCUT2D eigenvalue weighted by Gasteiger charge is -2.30. The van der Waals surface area contributed by atoms with Crippen LogP contribution in [0.5, 0.6) is 11.5 Å². The average Bonchev–Trinajstić information content (AvgIpc) is 3.15. The van der Waals surface area contributed by atoms with E-state index in [1.54, 1.807) is 0 Å². The van der Waals surface area contributed by atoms with Gasteiger partial charge in [-0.3, -0.25) is 4.79 Å². The van der Waals surface area contributed by atoms with Crippen molar-refractivity contribution in [3.63, 3.8) is 0 Å². The van der Waals surface area contributed by atoms with E-state index in [0.29, 0.717) is 4.91 Å². The van der Waals surface area contributed by atoms with E-state index in [1.165, 1.54) is 16.7 Å². The molecule has 6 nitrogen and oxygen atoms in total. The van der Waals surface area contributed by atoms with Crippen LogP contribution in [0.25, 0.3) is 6.08 Å². The van der Waals surface area contributed by atoms with Crippen LogP contribution in [-0.4, -0.2) is 56.0 Å². The first-order chi connectivity index (χ1) is 11.2. The number of likely N-dealkylation sites (N-methyl/N-ethyl adjacent to an activating group) is 1. The van der Waals surface area contributed by atoms with Gasteiger partial charge in [0.25, 0.3) is 5.91 Å². The molecular formula is C16H18N3O3S+. The molecule has 3 aliphatic rings. The zero-order valence-corrected chi connectivity index (χ0v) is 13.7. The third kappa shape index (κ3) is 2.94. The van der Waals surface area contributed by atoms with E-state index < -0.39 is 0 Å². The highest BCUT2D eigenvalue weighted by atomic mass is 32.2. The summed E-state index contributed by atoms with van der Waals surface area (Å²) in [6.07, 6.45) is 1.87. The maximum absolute atomic E-state index is 12.2. The number of fused-ring (bicyclic) bond motifs is 1. The van der Waals surface area contributed by atoms with Crippen molar-refractivity contribution in [3.8, 4) is 11.5 Å².